The first-order valence-electron chi connectivity index (χ1n) is 6.96. The number of rotatable bonds is 9. The minimum Gasteiger partial charge on any atom is -0.379 e. The van der Waals surface area contributed by atoms with E-state index in [-0.39, 0.29) is 0 Å². The third kappa shape index (κ3) is 6.16. The van der Waals surface area contributed by atoms with Crippen molar-refractivity contribution in [3.8, 4) is 0 Å². The van der Waals surface area contributed by atoms with Crippen LogP contribution in [0.3, 0.4) is 0 Å². The van der Waals surface area contributed by atoms with Crippen molar-refractivity contribution in [2.75, 3.05) is 36.9 Å². The summed E-state index contributed by atoms with van der Waals surface area (Å²) >= 11 is 12.2. The topological polar surface area (TPSA) is 46.2 Å². The van der Waals surface area contributed by atoms with Crippen molar-refractivity contribution in [3.63, 3.8) is 0 Å². The van der Waals surface area contributed by atoms with Gasteiger partial charge in [0.25, 0.3) is 0 Å². The van der Waals surface area contributed by atoms with Crippen LogP contribution < -0.4 is 10.6 Å². The fourth-order valence-corrected chi connectivity index (χ4v) is 2.01. The first-order chi connectivity index (χ1) is 9.54. The Hall–Kier alpha value is -0.710. The van der Waals surface area contributed by atoms with E-state index in [1.807, 2.05) is 0 Å². The average molecular weight is 320 g/mol. The van der Waals surface area contributed by atoms with Gasteiger partial charge >= 0.3 is 0 Å². The number of nitrogens with one attached hydrogen (secondary N) is 2. The smallest absolute Gasteiger partial charge is 0.147 e. The van der Waals surface area contributed by atoms with Gasteiger partial charge in [-0.3, -0.25) is 0 Å². The van der Waals surface area contributed by atoms with Gasteiger partial charge in [0.15, 0.2) is 0 Å². The SMILES string of the molecule is CCCNc1nc(NCCOCC(C)C)c(Cl)cc1Cl. The largest absolute Gasteiger partial charge is 0.379 e. The first kappa shape index (κ1) is 17.3. The molecule has 20 heavy (non-hydrogen) atoms. The maximum absolute atomic E-state index is 6.12. The third-order valence-corrected chi connectivity index (χ3v) is 3.04. The molecule has 0 spiro atoms. The second-order valence-corrected chi connectivity index (χ2v) is 5.79. The molecular weight excluding hydrogens is 297 g/mol. The molecule has 0 saturated heterocycles. The van der Waals surface area contributed by atoms with Crippen molar-refractivity contribution in [3.05, 3.63) is 16.1 Å². The molecule has 1 aromatic rings. The van der Waals surface area contributed by atoms with Gasteiger partial charge < -0.3 is 15.4 Å². The molecule has 0 bridgehead atoms. The van der Waals surface area contributed by atoms with Gasteiger partial charge in [0, 0.05) is 19.7 Å². The summed E-state index contributed by atoms with van der Waals surface area (Å²) in [7, 11) is 0. The molecule has 0 aliphatic carbocycles. The summed E-state index contributed by atoms with van der Waals surface area (Å²) < 4.78 is 5.50. The number of halogens is 2. The minimum atomic E-state index is 0.515. The van der Waals surface area contributed by atoms with Gasteiger partial charge in [0.2, 0.25) is 0 Å². The number of hydrogen-bond donors (Lipinski definition) is 2. The van der Waals surface area contributed by atoms with Crippen molar-refractivity contribution >= 4 is 34.8 Å². The molecule has 0 amide bonds. The highest BCUT2D eigenvalue weighted by Gasteiger charge is 2.08. The molecule has 2 N–H and O–H groups in total. The van der Waals surface area contributed by atoms with Crippen LogP contribution in [0.5, 0.6) is 0 Å². The zero-order chi connectivity index (χ0) is 15.0. The van der Waals surface area contributed by atoms with Crippen LogP contribution in [0.15, 0.2) is 6.07 Å². The fraction of sp³-hybridized carbons (Fsp3) is 0.643. The van der Waals surface area contributed by atoms with E-state index in [4.69, 9.17) is 27.9 Å². The van der Waals surface area contributed by atoms with Gasteiger partial charge in [0.1, 0.15) is 11.6 Å². The van der Waals surface area contributed by atoms with Crippen molar-refractivity contribution in [1.29, 1.82) is 0 Å². The van der Waals surface area contributed by atoms with Gasteiger partial charge in [-0.05, 0) is 18.4 Å². The average Bonchev–Trinajstić information content (AvgIpc) is 2.39. The second-order valence-electron chi connectivity index (χ2n) is 4.97. The van der Waals surface area contributed by atoms with Gasteiger partial charge in [-0.1, -0.05) is 44.0 Å². The Kier molecular flexibility index (Phi) is 8.04. The Morgan fingerprint density at radius 3 is 2.30 bits per heavy atom. The molecule has 0 atom stereocenters. The molecule has 0 aliphatic rings. The third-order valence-electron chi connectivity index (χ3n) is 2.46. The first-order valence-corrected chi connectivity index (χ1v) is 7.71. The highest BCUT2D eigenvalue weighted by Crippen LogP contribution is 2.29. The zero-order valence-corrected chi connectivity index (χ0v) is 13.8. The van der Waals surface area contributed by atoms with Crippen molar-refractivity contribution in [1.82, 2.24) is 4.98 Å². The molecule has 0 aromatic carbocycles. The van der Waals surface area contributed by atoms with Crippen LogP contribution in [-0.2, 0) is 4.74 Å². The molecule has 4 nitrogen and oxygen atoms in total. The lowest BCUT2D eigenvalue weighted by Crippen LogP contribution is -2.14. The van der Waals surface area contributed by atoms with Crippen LogP contribution in [0.25, 0.3) is 0 Å². The number of ether oxygens (including phenoxy) is 1. The Morgan fingerprint density at radius 1 is 1.15 bits per heavy atom. The van der Waals surface area contributed by atoms with Crippen LogP contribution in [0.4, 0.5) is 11.6 Å². The standard InChI is InChI=1S/C14H23Cl2N3O/c1-4-5-17-13-11(15)8-12(16)14(19-13)18-6-7-20-9-10(2)3/h8,10H,4-7,9H2,1-3H3,(H2,17,18,19). The van der Waals surface area contributed by atoms with Gasteiger partial charge in [0.05, 0.1) is 16.7 Å². The molecule has 1 heterocycles. The second kappa shape index (κ2) is 9.27. The molecule has 1 aromatic heterocycles. The van der Waals surface area contributed by atoms with E-state index in [1.165, 1.54) is 0 Å². The fourth-order valence-electron chi connectivity index (χ4n) is 1.52. The monoisotopic (exact) mass is 319 g/mol. The number of pyridine rings is 1. The predicted molar refractivity (Wildman–Crippen MR) is 87.2 cm³/mol. The van der Waals surface area contributed by atoms with Crippen LogP contribution in [-0.4, -0.2) is 31.3 Å². The maximum atomic E-state index is 6.12. The Balaban J connectivity index is 2.51. The van der Waals surface area contributed by atoms with Crippen LogP contribution in [0, 0.1) is 5.92 Å². The molecule has 0 aliphatic heterocycles. The van der Waals surface area contributed by atoms with E-state index in [2.05, 4.69) is 36.4 Å². The number of anilines is 2. The quantitative estimate of drug-likeness (QED) is 0.666. The van der Waals surface area contributed by atoms with Crippen molar-refractivity contribution in [2.45, 2.75) is 27.2 Å². The van der Waals surface area contributed by atoms with Gasteiger partial charge in [-0.25, -0.2) is 4.98 Å². The van der Waals surface area contributed by atoms with Gasteiger partial charge in [-0.2, -0.15) is 0 Å². The lowest BCUT2D eigenvalue weighted by molar-refractivity contribution is 0.118. The lowest BCUT2D eigenvalue weighted by Gasteiger charge is -2.12. The van der Waals surface area contributed by atoms with E-state index < -0.39 is 0 Å². The van der Waals surface area contributed by atoms with E-state index in [1.54, 1.807) is 6.07 Å². The molecule has 0 fully saturated rings. The van der Waals surface area contributed by atoms with E-state index >= 15 is 0 Å². The maximum Gasteiger partial charge on any atom is 0.147 e. The van der Waals surface area contributed by atoms with E-state index in [9.17, 15) is 0 Å². The highest BCUT2D eigenvalue weighted by atomic mass is 35.5. The molecule has 1 rings (SSSR count). The summed E-state index contributed by atoms with van der Waals surface area (Å²) in [5.41, 5.74) is 0. The Bertz CT molecular complexity index is 414. The summed E-state index contributed by atoms with van der Waals surface area (Å²) in [6, 6.07) is 1.70. The number of nitrogens with zero attached hydrogens (tertiary/aromatic N) is 1. The summed E-state index contributed by atoms with van der Waals surface area (Å²) in [4.78, 5) is 4.40. The van der Waals surface area contributed by atoms with Crippen molar-refractivity contribution in [2.24, 2.45) is 5.92 Å². The zero-order valence-electron chi connectivity index (χ0n) is 12.3. The summed E-state index contributed by atoms with van der Waals surface area (Å²) in [5.74, 6) is 1.82. The van der Waals surface area contributed by atoms with E-state index in [0.29, 0.717) is 40.8 Å². The number of aromatic nitrogens is 1. The van der Waals surface area contributed by atoms with E-state index in [0.717, 1.165) is 19.6 Å². The normalized spacial score (nSPS) is 10.9. The molecule has 0 unspecified atom stereocenters. The van der Waals surface area contributed by atoms with Gasteiger partial charge in [-0.15, -0.1) is 0 Å². The molecule has 114 valence electrons. The summed E-state index contributed by atoms with van der Waals surface area (Å²) in [6.07, 6.45) is 1.01. The predicted octanol–water partition coefficient (Wildman–Crippen LogP) is 4.29. The summed E-state index contributed by atoms with van der Waals surface area (Å²) in [6.45, 7) is 9.19. The molecule has 0 radical (unpaired) electrons. The molecule has 6 heteroatoms. The minimum absolute atomic E-state index is 0.515. The molecular formula is C14H23Cl2N3O. The van der Waals surface area contributed by atoms with Crippen LogP contribution >= 0.6 is 23.2 Å². The Labute approximate surface area is 131 Å². The Morgan fingerprint density at radius 2 is 1.75 bits per heavy atom. The van der Waals surface area contributed by atoms with Crippen LogP contribution in [0.2, 0.25) is 10.0 Å². The van der Waals surface area contributed by atoms with Crippen molar-refractivity contribution < 1.29 is 4.74 Å². The lowest BCUT2D eigenvalue weighted by atomic mass is 10.2. The highest BCUT2D eigenvalue weighted by molar-refractivity contribution is 6.37. The number of hydrogen-bond acceptors (Lipinski definition) is 4. The van der Waals surface area contributed by atoms with Crippen LogP contribution in [0.1, 0.15) is 27.2 Å². The summed E-state index contributed by atoms with van der Waals surface area (Å²) in [5, 5.41) is 7.38. The molecule has 0 saturated carbocycles.